The van der Waals surface area contributed by atoms with Crippen molar-refractivity contribution in [3.05, 3.63) is 53.0 Å². The summed E-state index contributed by atoms with van der Waals surface area (Å²) in [5.41, 5.74) is -0.601. The highest BCUT2D eigenvalue weighted by Crippen LogP contribution is 2.47. The van der Waals surface area contributed by atoms with E-state index in [2.05, 4.69) is 20.3 Å². The molecule has 4 heterocycles. The first kappa shape index (κ1) is 40.9. The smallest absolute Gasteiger partial charge is 0.259 e. The van der Waals surface area contributed by atoms with Crippen LogP contribution < -0.4 is 34.3 Å². The van der Waals surface area contributed by atoms with E-state index in [1.807, 2.05) is 51.3 Å². The Bertz CT molecular complexity index is 2420. The van der Waals surface area contributed by atoms with Crippen LogP contribution in [-0.2, 0) is 24.4 Å². The lowest BCUT2D eigenvalue weighted by molar-refractivity contribution is -0.141. The Kier molecular flexibility index (Phi) is 10.8. The molecular weight excluding hydrogens is 820 g/mol. The summed E-state index contributed by atoms with van der Waals surface area (Å²) >= 11 is 7.74. The van der Waals surface area contributed by atoms with Crippen LogP contribution in [0.2, 0.25) is 5.02 Å². The van der Waals surface area contributed by atoms with Crippen molar-refractivity contribution in [1.82, 2.24) is 24.9 Å². The van der Waals surface area contributed by atoms with E-state index in [-0.39, 0.29) is 37.1 Å². The number of amides is 3. The van der Waals surface area contributed by atoms with Crippen molar-refractivity contribution in [2.24, 2.45) is 11.3 Å². The standard InChI is InChI=1S/C41H47ClN6O9S2/c1-6-23-18-41(23,38(51)47-59(52,53)26-9-10-26)46-35(49)30-17-25(57-36-28-16-24(42)8-11-27(28)33(54-5)19-43-36)20-48(30)37(50)34(40(2,3)4)45-39-44-29(21-58-39)22-7-12-31-32(15-22)56-14-13-55-31/h7-8,11-12,15-16,19,21,23,25-26,30,34H,6,9-10,13-14,17-18,20H2,1-5H3,(H,44,45)(H,46,49)(H,47,51)/t23-,25-,30+,34-,41-/m1/s1. The van der Waals surface area contributed by atoms with Crippen LogP contribution in [0.1, 0.15) is 59.8 Å². The molecule has 4 aromatic rings. The van der Waals surface area contributed by atoms with Gasteiger partial charge in [0.1, 0.15) is 42.7 Å². The van der Waals surface area contributed by atoms with Crippen molar-refractivity contribution in [2.45, 2.75) is 88.8 Å². The summed E-state index contributed by atoms with van der Waals surface area (Å²) in [5.74, 6) is 0.0588. The molecule has 314 valence electrons. The zero-order valence-corrected chi connectivity index (χ0v) is 35.8. The molecule has 0 unspecified atom stereocenters. The number of hydrogen-bond acceptors (Lipinski definition) is 13. The van der Waals surface area contributed by atoms with Gasteiger partial charge in [0.25, 0.3) is 5.91 Å². The molecule has 1 saturated heterocycles. The van der Waals surface area contributed by atoms with E-state index in [9.17, 15) is 22.8 Å². The average molecular weight is 867 g/mol. The van der Waals surface area contributed by atoms with E-state index in [4.69, 9.17) is 35.5 Å². The second-order valence-electron chi connectivity index (χ2n) is 16.6. The fourth-order valence-corrected chi connectivity index (χ4v) is 10.1. The fourth-order valence-electron chi connectivity index (χ4n) is 7.86. The molecular formula is C41H47ClN6O9S2. The quantitative estimate of drug-likeness (QED) is 0.152. The summed E-state index contributed by atoms with van der Waals surface area (Å²) < 4.78 is 51.4. The normalized spacial score (nSPS) is 23.0. The van der Waals surface area contributed by atoms with Gasteiger partial charge in [0.05, 0.1) is 30.8 Å². The van der Waals surface area contributed by atoms with E-state index in [1.165, 1.54) is 29.5 Å². The van der Waals surface area contributed by atoms with Gasteiger partial charge in [0.2, 0.25) is 27.7 Å². The molecule has 2 saturated carbocycles. The molecule has 5 atom stereocenters. The van der Waals surface area contributed by atoms with Crippen LogP contribution in [0, 0.1) is 11.3 Å². The molecule has 2 aromatic heterocycles. The van der Waals surface area contributed by atoms with Crippen LogP contribution in [0.3, 0.4) is 0 Å². The molecule has 18 heteroatoms. The number of aromatic nitrogens is 2. The zero-order valence-electron chi connectivity index (χ0n) is 33.4. The number of thiazole rings is 1. The Morgan fingerprint density at radius 3 is 2.54 bits per heavy atom. The second kappa shape index (κ2) is 15.6. The van der Waals surface area contributed by atoms with Crippen LogP contribution >= 0.6 is 22.9 Å². The third kappa shape index (κ3) is 8.20. The second-order valence-corrected chi connectivity index (χ2v) is 19.8. The van der Waals surface area contributed by atoms with Crippen molar-refractivity contribution in [2.75, 3.05) is 32.2 Å². The highest BCUT2D eigenvalue weighted by Gasteiger charge is 2.62. The number of fused-ring (bicyclic) bond motifs is 2. The molecule has 2 aliphatic heterocycles. The van der Waals surface area contributed by atoms with Gasteiger partial charge in [-0.25, -0.2) is 18.4 Å². The molecule has 0 bridgehead atoms. The van der Waals surface area contributed by atoms with E-state index >= 15 is 0 Å². The Labute approximate surface area is 351 Å². The van der Waals surface area contributed by atoms with Crippen molar-refractivity contribution in [3.63, 3.8) is 0 Å². The van der Waals surface area contributed by atoms with Gasteiger partial charge in [-0.05, 0) is 67.0 Å². The summed E-state index contributed by atoms with van der Waals surface area (Å²) in [6, 6.07) is 8.93. The number of anilines is 1. The summed E-state index contributed by atoms with van der Waals surface area (Å²) in [6.07, 6.45) is 2.66. The predicted octanol–water partition coefficient (Wildman–Crippen LogP) is 5.56. The first-order valence-electron chi connectivity index (χ1n) is 19.7. The van der Waals surface area contributed by atoms with Crippen molar-refractivity contribution in [1.29, 1.82) is 0 Å². The number of carbonyl (C=O) groups excluding carboxylic acids is 3. The van der Waals surface area contributed by atoms with Gasteiger partial charge in [-0.15, -0.1) is 11.3 Å². The lowest BCUT2D eigenvalue weighted by Crippen LogP contribution is -2.58. The number of rotatable bonds is 13. The minimum Gasteiger partial charge on any atom is -0.494 e. The lowest BCUT2D eigenvalue weighted by atomic mass is 9.85. The number of likely N-dealkylation sites (tertiary alicyclic amines) is 1. The maximum atomic E-state index is 15.0. The van der Waals surface area contributed by atoms with Crippen LogP contribution in [0.15, 0.2) is 48.0 Å². The molecule has 2 aromatic carbocycles. The van der Waals surface area contributed by atoms with Crippen LogP contribution in [0.5, 0.6) is 23.1 Å². The third-order valence-electron chi connectivity index (χ3n) is 11.4. The van der Waals surface area contributed by atoms with Gasteiger partial charge < -0.3 is 34.5 Å². The Balaban J connectivity index is 1.08. The van der Waals surface area contributed by atoms with E-state index in [0.717, 1.165) is 5.56 Å². The van der Waals surface area contributed by atoms with Gasteiger partial charge in [0.15, 0.2) is 16.6 Å². The zero-order chi connectivity index (χ0) is 41.9. The van der Waals surface area contributed by atoms with E-state index in [0.29, 0.717) is 76.3 Å². The Hall–Kier alpha value is -4.87. The number of pyridine rings is 1. The average Bonchev–Trinajstić information content (AvgIpc) is 4.10. The van der Waals surface area contributed by atoms with Crippen LogP contribution in [-0.4, -0.2) is 96.9 Å². The molecule has 8 rings (SSSR count). The number of nitrogens with zero attached hydrogens (tertiary/aromatic N) is 3. The van der Waals surface area contributed by atoms with Crippen molar-refractivity contribution < 1.29 is 41.7 Å². The van der Waals surface area contributed by atoms with Crippen molar-refractivity contribution in [3.8, 4) is 34.4 Å². The van der Waals surface area contributed by atoms with Gasteiger partial charge in [-0.3, -0.25) is 19.1 Å². The molecule has 59 heavy (non-hydrogen) atoms. The largest absolute Gasteiger partial charge is 0.494 e. The topological polar surface area (TPSA) is 187 Å². The highest BCUT2D eigenvalue weighted by molar-refractivity contribution is 7.91. The number of halogens is 1. The molecule has 3 N–H and O–H groups in total. The summed E-state index contributed by atoms with van der Waals surface area (Å²) in [5, 5.41) is 9.82. The van der Waals surface area contributed by atoms with Gasteiger partial charge in [-0.1, -0.05) is 45.7 Å². The Morgan fingerprint density at radius 1 is 1.08 bits per heavy atom. The summed E-state index contributed by atoms with van der Waals surface area (Å²) in [4.78, 5) is 54.0. The maximum Gasteiger partial charge on any atom is 0.259 e. The minimum atomic E-state index is -3.87. The van der Waals surface area contributed by atoms with E-state index < -0.39 is 56.2 Å². The number of ether oxygens (including phenoxy) is 4. The highest BCUT2D eigenvalue weighted by atomic mass is 35.5. The minimum absolute atomic E-state index is 0.00766. The predicted molar refractivity (Wildman–Crippen MR) is 223 cm³/mol. The molecule has 3 fully saturated rings. The monoisotopic (exact) mass is 866 g/mol. The fraction of sp³-hybridized carbons (Fsp3) is 0.488. The van der Waals surface area contributed by atoms with Gasteiger partial charge >= 0.3 is 0 Å². The first-order chi connectivity index (χ1) is 28.1. The molecule has 15 nitrogen and oxygen atoms in total. The number of hydrogen-bond donors (Lipinski definition) is 3. The van der Waals surface area contributed by atoms with E-state index in [1.54, 1.807) is 18.2 Å². The number of carbonyl (C=O) groups is 3. The maximum absolute atomic E-state index is 15.0. The summed E-state index contributed by atoms with van der Waals surface area (Å²) in [7, 11) is -2.33. The van der Waals surface area contributed by atoms with Gasteiger partial charge in [0, 0.05) is 33.2 Å². The lowest BCUT2D eigenvalue weighted by Gasteiger charge is -2.35. The SMILES string of the molecule is CC[C@@H]1C[C@]1(NC(=O)[C@@H]1C[C@@H](Oc2ncc(OC)c3ccc(Cl)cc23)CN1C(=O)[C@@H](Nc1nc(-c2ccc3c(c2)OCCO3)cs1)C(C)(C)C)C(=O)NS(=O)(=O)C1CC1. The molecule has 0 radical (unpaired) electrons. The van der Waals surface area contributed by atoms with Gasteiger partial charge in [-0.2, -0.15) is 0 Å². The van der Waals surface area contributed by atoms with Crippen LogP contribution in [0.25, 0.3) is 22.0 Å². The first-order valence-corrected chi connectivity index (χ1v) is 22.5. The number of sulfonamides is 1. The number of nitrogens with one attached hydrogen (secondary N) is 3. The van der Waals surface area contributed by atoms with Crippen LogP contribution in [0.4, 0.5) is 5.13 Å². The Morgan fingerprint density at radius 2 is 1.85 bits per heavy atom. The number of methoxy groups -OCH3 is 1. The number of benzene rings is 2. The third-order valence-corrected chi connectivity index (χ3v) is 14.2. The molecule has 4 aliphatic rings. The molecule has 2 aliphatic carbocycles. The molecule has 0 spiro atoms. The van der Waals surface area contributed by atoms with Crippen molar-refractivity contribution >= 4 is 66.6 Å². The summed E-state index contributed by atoms with van der Waals surface area (Å²) in [6.45, 7) is 8.59. The molecule has 3 amide bonds.